The third-order valence-electron chi connectivity index (χ3n) is 4.02. The van der Waals surface area contributed by atoms with E-state index in [2.05, 4.69) is 5.32 Å². The first-order valence-electron chi connectivity index (χ1n) is 6.71. The standard InChI is InChI=1S/C14H14ClN3O3/c15-9-5-8-10(17-14(21)12(8)19)6-11(9)18-3-1-7(2-4-18)13(16)20/h5-7H,1-4H2,(H2,16,20)(H,17,19,21). The summed E-state index contributed by atoms with van der Waals surface area (Å²) >= 11 is 6.23. The Kier molecular flexibility index (Phi) is 3.33. The zero-order valence-electron chi connectivity index (χ0n) is 11.2. The minimum absolute atomic E-state index is 0.101. The number of ketones is 1. The number of Topliss-reactive ketones (excluding diaryl/α,β-unsaturated/α-hetero) is 1. The van der Waals surface area contributed by atoms with Gasteiger partial charge in [0.1, 0.15) is 0 Å². The second kappa shape index (κ2) is 5.04. The second-order valence-corrected chi connectivity index (χ2v) is 5.70. The lowest BCUT2D eigenvalue weighted by molar-refractivity contribution is -0.122. The van der Waals surface area contributed by atoms with Crippen LogP contribution < -0.4 is 16.0 Å². The number of benzene rings is 1. The molecule has 110 valence electrons. The number of hydrogen-bond acceptors (Lipinski definition) is 4. The fraction of sp³-hybridized carbons (Fsp3) is 0.357. The average Bonchev–Trinajstić information content (AvgIpc) is 2.73. The minimum Gasteiger partial charge on any atom is -0.370 e. The zero-order valence-corrected chi connectivity index (χ0v) is 11.9. The molecule has 6 nitrogen and oxygen atoms in total. The average molecular weight is 308 g/mol. The Morgan fingerprint density at radius 2 is 1.95 bits per heavy atom. The van der Waals surface area contributed by atoms with E-state index >= 15 is 0 Å². The number of halogens is 1. The van der Waals surface area contributed by atoms with Gasteiger partial charge >= 0.3 is 0 Å². The van der Waals surface area contributed by atoms with Gasteiger partial charge in [0.2, 0.25) is 5.91 Å². The lowest BCUT2D eigenvalue weighted by Crippen LogP contribution is -2.38. The number of nitrogens with two attached hydrogens (primary N) is 1. The summed E-state index contributed by atoms with van der Waals surface area (Å²) in [6.07, 6.45) is 1.35. The van der Waals surface area contributed by atoms with E-state index in [0.29, 0.717) is 42.2 Å². The number of nitrogens with zero attached hydrogens (tertiary/aromatic N) is 1. The smallest absolute Gasteiger partial charge is 0.296 e. The van der Waals surface area contributed by atoms with Gasteiger partial charge in [0.15, 0.2) is 0 Å². The molecule has 3 rings (SSSR count). The normalized spacial score (nSPS) is 18.6. The van der Waals surface area contributed by atoms with E-state index in [4.69, 9.17) is 17.3 Å². The van der Waals surface area contributed by atoms with E-state index in [0.717, 1.165) is 5.69 Å². The number of amides is 2. The number of hydrogen-bond donors (Lipinski definition) is 2. The van der Waals surface area contributed by atoms with Gasteiger partial charge < -0.3 is 16.0 Å². The van der Waals surface area contributed by atoms with E-state index in [-0.39, 0.29) is 11.8 Å². The summed E-state index contributed by atoms with van der Waals surface area (Å²) in [5.41, 5.74) is 6.87. The molecule has 0 radical (unpaired) electrons. The maximum Gasteiger partial charge on any atom is 0.296 e. The predicted octanol–water partition coefficient (Wildman–Crippen LogP) is 1.18. The van der Waals surface area contributed by atoms with Gasteiger partial charge in [-0.05, 0) is 25.0 Å². The lowest BCUT2D eigenvalue weighted by atomic mass is 9.96. The summed E-state index contributed by atoms with van der Waals surface area (Å²) in [5, 5.41) is 2.96. The largest absolute Gasteiger partial charge is 0.370 e. The van der Waals surface area contributed by atoms with Crippen LogP contribution in [0, 0.1) is 5.92 Å². The van der Waals surface area contributed by atoms with Crippen molar-refractivity contribution in [3.63, 3.8) is 0 Å². The summed E-state index contributed by atoms with van der Waals surface area (Å²) in [6, 6.07) is 3.23. The SMILES string of the molecule is NC(=O)C1CCN(c2cc3c(cc2Cl)C(=O)C(=O)N3)CC1. The monoisotopic (exact) mass is 307 g/mol. The first-order chi connectivity index (χ1) is 9.97. The van der Waals surface area contributed by atoms with Crippen LogP contribution in [0.15, 0.2) is 12.1 Å². The van der Waals surface area contributed by atoms with E-state index in [1.54, 1.807) is 6.07 Å². The van der Waals surface area contributed by atoms with Crippen molar-refractivity contribution in [3.8, 4) is 0 Å². The molecule has 21 heavy (non-hydrogen) atoms. The quantitative estimate of drug-likeness (QED) is 0.802. The van der Waals surface area contributed by atoms with E-state index < -0.39 is 11.7 Å². The van der Waals surface area contributed by atoms with Crippen LogP contribution in [-0.4, -0.2) is 30.7 Å². The highest BCUT2D eigenvalue weighted by molar-refractivity contribution is 6.52. The maximum absolute atomic E-state index is 11.6. The van der Waals surface area contributed by atoms with Gasteiger partial charge in [0, 0.05) is 19.0 Å². The van der Waals surface area contributed by atoms with Crippen LogP contribution in [0.4, 0.5) is 11.4 Å². The van der Waals surface area contributed by atoms with Crippen molar-refractivity contribution in [2.24, 2.45) is 11.7 Å². The van der Waals surface area contributed by atoms with Crippen molar-refractivity contribution in [1.82, 2.24) is 0 Å². The van der Waals surface area contributed by atoms with Gasteiger partial charge in [-0.15, -0.1) is 0 Å². The Morgan fingerprint density at radius 3 is 2.57 bits per heavy atom. The number of carbonyl (C=O) groups excluding carboxylic acids is 3. The molecule has 1 aromatic carbocycles. The van der Waals surface area contributed by atoms with E-state index in [1.165, 1.54) is 6.07 Å². The molecule has 0 aromatic heterocycles. The number of carbonyl (C=O) groups is 3. The lowest BCUT2D eigenvalue weighted by Gasteiger charge is -2.33. The molecule has 0 atom stereocenters. The molecule has 2 amide bonds. The molecular weight excluding hydrogens is 294 g/mol. The number of primary amides is 1. The van der Waals surface area contributed by atoms with Crippen molar-refractivity contribution in [2.45, 2.75) is 12.8 Å². The number of rotatable bonds is 2. The first kappa shape index (κ1) is 13.9. The fourth-order valence-corrected chi connectivity index (χ4v) is 3.08. The van der Waals surface area contributed by atoms with E-state index in [1.807, 2.05) is 4.90 Å². The maximum atomic E-state index is 11.6. The van der Waals surface area contributed by atoms with Crippen molar-refractivity contribution >= 4 is 40.6 Å². The van der Waals surface area contributed by atoms with Crippen LogP contribution in [0.5, 0.6) is 0 Å². The molecule has 2 heterocycles. The topological polar surface area (TPSA) is 92.5 Å². The van der Waals surface area contributed by atoms with Gasteiger partial charge in [-0.1, -0.05) is 11.6 Å². The summed E-state index contributed by atoms with van der Waals surface area (Å²) in [5.74, 6) is -1.57. The molecular formula is C14H14ClN3O3. The van der Waals surface area contributed by atoms with Gasteiger partial charge in [-0.25, -0.2) is 0 Å². The Morgan fingerprint density at radius 1 is 1.29 bits per heavy atom. The third kappa shape index (κ3) is 2.35. The number of fused-ring (bicyclic) bond motifs is 1. The molecule has 0 aliphatic carbocycles. The van der Waals surface area contributed by atoms with Crippen molar-refractivity contribution < 1.29 is 14.4 Å². The molecule has 0 unspecified atom stereocenters. The Labute approximate surface area is 126 Å². The molecule has 1 aromatic rings. The molecule has 1 saturated heterocycles. The highest BCUT2D eigenvalue weighted by atomic mass is 35.5. The van der Waals surface area contributed by atoms with Gasteiger partial charge in [-0.2, -0.15) is 0 Å². The predicted molar refractivity (Wildman–Crippen MR) is 78.5 cm³/mol. The fourth-order valence-electron chi connectivity index (χ4n) is 2.80. The van der Waals surface area contributed by atoms with Crippen LogP contribution in [0.1, 0.15) is 23.2 Å². The van der Waals surface area contributed by atoms with Crippen molar-refractivity contribution in [3.05, 3.63) is 22.7 Å². The minimum atomic E-state index is -0.634. The van der Waals surface area contributed by atoms with Gasteiger partial charge in [0.05, 0.1) is 22.0 Å². The van der Waals surface area contributed by atoms with E-state index in [9.17, 15) is 14.4 Å². The Bertz CT molecular complexity index is 651. The number of nitrogens with one attached hydrogen (secondary N) is 1. The van der Waals surface area contributed by atoms with Crippen LogP contribution >= 0.6 is 11.6 Å². The van der Waals surface area contributed by atoms with Crippen LogP contribution in [-0.2, 0) is 9.59 Å². The van der Waals surface area contributed by atoms with Crippen LogP contribution in [0.2, 0.25) is 5.02 Å². The number of anilines is 2. The van der Waals surface area contributed by atoms with Crippen LogP contribution in [0.3, 0.4) is 0 Å². The number of piperidine rings is 1. The molecule has 3 N–H and O–H groups in total. The highest BCUT2D eigenvalue weighted by Gasteiger charge is 2.31. The zero-order chi connectivity index (χ0) is 15.1. The van der Waals surface area contributed by atoms with Crippen molar-refractivity contribution in [1.29, 1.82) is 0 Å². The first-order valence-corrected chi connectivity index (χ1v) is 7.08. The molecule has 2 aliphatic rings. The highest BCUT2D eigenvalue weighted by Crippen LogP contribution is 2.36. The third-order valence-corrected chi connectivity index (χ3v) is 4.33. The summed E-state index contributed by atoms with van der Waals surface area (Å²) in [6.45, 7) is 1.32. The molecule has 2 aliphatic heterocycles. The molecule has 1 fully saturated rings. The molecule has 0 spiro atoms. The summed E-state index contributed by atoms with van der Waals surface area (Å²) < 4.78 is 0. The summed E-state index contributed by atoms with van der Waals surface area (Å²) in [4.78, 5) is 36.2. The summed E-state index contributed by atoms with van der Waals surface area (Å²) in [7, 11) is 0. The Hall–Kier alpha value is -2.08. The second-order valence-electron chi connectivity index (χ2n) is 5.30. The van der Waals surface area contributed by atoms with Crippen LogP contribution in [0.25, 0.3) is 0 Å². The molecule has 7 heteroatoms. The Balaban J connectivity index is 1.85. The molecule has 0 bridgehead atoms. The molecule has 0 saturated carbocycles. The van der Waals surface area contributed by atoms with Gasteiger partial charge in [-0.3, -0.25) is 14.4 Å². The van der Waals surface area contributed by atoms with Crippen molar-refractivity contribution in [2.75, 3.05) is 23.3 Å². The van der Waals surface area contributed by atoms with Gasteiger partial charge in [0.25, 0.3) is 11.7 Å².